The minimum atomic E-state index is -0.612. The minimum Gasteiger partial charge on any atom is -0.382 e. The first-order valence-electron chi connectivity index (χ1n) is 4.51. The molecule has 1 unspecified atom stereocenters. The van der Waals surface area contributed by atoms with Gasteiger partial charge < -0.3 is 10.1 Å². The van der Waals surface area contributed by atoms with Crippen molar-refractivity contribution in [2.24, 2.45) is 0 Å². The van der Waals surface area contributed by atoms with Crippen molar-refractivity contribution in [2.75, 3.05) is 0 Å². The van der Waals surface area contributed by atoms with Crippen LogP contribution in [0, 0.1) is 6.92 Å². The summed E-state index contributed by atoms with van der Waals surface area (Å²) in [5.74, 6) is 0. The summed E-state index contributed by atoms with van der Waals surface area (Å²) in [4.78, 5) is 6.78. The van der Waals surface area contributed by atoms with Crippen molar-refractivity contribution in [3.05, 3.63) is 53.6 Å². The van der Waals surface area contributed by atoms with Gasteiger partial charge in [-0.1, -0.05) is 24.3 Å². The Hall–Kier alpha value is -1.61. The first-order valence-corrected chi connectivity index (χ1v) is 4.51. The number of aromatic nitrogens is 2. The second-order valence-electron chi connectivity index (χ2n) is 3.27. The fourth-order valence-corrected chi connectivity index (χ4v) is 1.48. The number of H-pyrrole nitrogens is 1. The fourth-order valence-electron chi connectivity index (χ4n) is 1.48. The monoisotopic (exact) mass is 188 g/mol. The van der Waals surface area contributed by atoms with Crippen LogP contribution in [0.2, 0.25) is 0 Å². The van der Waals surface area contributed by atoms with Gasteiger partial charge in [0.1, 0.15) is 6.10 Å². The van der Waals surface area contributed by atoms with Crippen LogP contribution in [0.5, 0.6) is 0 Å². The van der Waals surface area contributed by atoms with Gasteiger partial charge in [-0.2, -0.15) is 0 Å². The number of nitrogens with zero attached hydrogens (tertiary/aromatic N) is 1. The van der Waals surface area contributed by atoms with Crippen LogP contribution in [-0.4, -0.2) is 15.1 Å². The molecule has 1 heterocycles. The van der Waals surface area contributed by atoms with Crippen molar-refractivity contribution >= 4 is 0 Å². The summed E-state index contributed by atoms with van der Waals surface area (Å²) in [5.41, 5.74) is 2.71. The smallest absolute Gasteiger partial charge is 0.121 e. The molecule has 0 spiro atoms. The average Bonchev–Trinajstić information content (AvgIpc) is 2.70. The lowest BCUT2D eigenvalue weighted by Gasteiger charge is -2.11. The molecule has 2 rings (SSSR count). The van der Waals surface area contributed by atoms with E-state index < -0.39 is 6.10 Å². The van der Waals surface area contributed by atoms with Gasteiger partial charge in [0.15, 0.2) is 0 Å². The van der Waals surface area contributed by atoms with E-state index in [-0.39, 0.29) is 0 Å². The molecule has 1 atom stereocenters. The summed E-state index contributed by atoms with van der Waals surface area (Å²) in [6, 6.07) is 7.77. The van der Waals surface area contributed by atoms with Crippen LogP contribution in [0.4, 0.5) is 0 Å². The molecule has 2 N–H and O–H groups in total. The average molecular weight is 188 g/mol. The van der Waals surface area contributed by atoms with Crippen molar-refractivity contribution in [2.45, 2.75) is 13.0 Å². The quantitative estimate of drug-likeness (QED) is 0.755. The highest BCUT2D eigenvalue weighted by Crippen LogP contribution is 2.22. The molecule has 3 heteroatoms. The number of aliphatic hydroxyl groups excluding tert-OH is 1. The Morgan fingerprint density at radius 3 is 2.79 bits per heavy atom. The van der Waals surface area contributed by atoms with E-state index in [1.165, 1.54) is 0 Å². The van der Waals surface area contributed by atoms with Gasteiger partial charge in [-0.25, -0.2) is 4.98 Å². The summed E-state index contributed by atoms with van der Waals surface area (Å²) in [6.07, 6.45) is 2.59. The van der Waals surface area contributed by atoms with Crippen LogP contribution in [0.15, 0.2) is 36.8 Å². The number of aliphatic hydroxyl groups is 1. The predicted molar refractivity (Wildman–Crippen MR) is 53.8 cm³/mol. The van der Waals surface area contributed by atoms with Crippen molar-refractivity contribution in [3.8, 4) is 0 Å². The molecule has 0 aliphatic carbocycles. The van der Waals surface area contributed by atoms with E-state index in [0.29, 0.717) is 0 Å². The molecular weight excluding hydrogens is 176 g/mol. The van der Waals surface area contributed by atoms with E-state index in [2.05, 4.69) is 9.97 Å². The van der Waals surface area contributed by atoms with E-state index in [1.54, 1.807) is 12.5 Å². The molecule has 14 heavy (non-hydrogen) atoms. The number of aromatic amines is 1. The second kappa shape index (κ2) is 3.64. The Morgan fingerprint density at radius 2 is 2.14 bits per heavy atom. The van der Waals surface area contributed by atoms with Gasteiger partial charge in [-0.05, 0) is 18.1 Å². The van der Waals surface area contributed by atoms with Crippen LogP contribution < -0.4 is 0 Å². The van der Waals surface area contributed by atoms with E-state index in [0.717, 1.165) is 16.8 Å². The number of nitrogens with one attached hydrogen (secondary N) is 1. The maximum Gasteiger partial charge on any atom is 0.121 e. The van der Waals surface area contributed by atoms with Gasteiger partial charge in [-0.3, -0.25) is 0 Å². The fraction of sp³-hybridized carbons (Fsp3) is 0.182. The van der Waals surface area contributed by atoms with E-state index in [1.807, 2.05) is 31.2 Å². The van der Waals surface area contributed by atoms with Crippen molar-refractivity contribution in [3.63, 3.8) is 0 Å². The zero-order valence-corrected chi connectivity index (χ0v) is 7.94. The second-order valence-corrected chi connectivity index (χ2v) is 3.27. The Morgan fingerprint density at radius 1 is 1.36 bits per heavy atom. The van der Waals surface area contributed by atoms with Crippen LogP contribution in [0.3, 0.4) is 0 Å². The van der Waals surface area contributed by atoms with Gasteiger partial charge in [-0.15, -0.1) is 0 Å². The lowest BCUT2D eigenvalue weighted by atomic mass is 10.0. The van der Waals surface area contributed by atoms with Crippen LogP contribution in [-0.2, 0) is 0 Å². The topological polar surface area (TPSA) is 48.9 Å². The van der Waals surface area contributed by atoms with Crippen LogP contribution in [0.25, 0.3) is 0 Å². The molecule has 0 aliphatic rings. The highest BCUT2D eigenvalue weighted by Gasteiger charge is 2.12. The summed E-state index contributed by atoms with van der Waals surface area (Å²) >= 11 is 0. The minimum absolute atomic E-state index is 0.612. The number of imidazole rings is 1. The molecule has 2 aromatic rings. The van der Waals surface area contributed by atoms with Crippen LogP contribution >= 0.6 is 0 Å². The summed E-state index contributed by atoms with van der Waals surface area (Å²) in [5, 5.41) is 9.99. The van der Waals surface area contributed by atoms with Gasteiger partial charge in [0.25, 0.3) is 0 Å². The number of hydrogen-bond acceptors (Lipinski definition) is 2. The predicted octanol–water partition coefficient (Wildman–Crippen LogP) is 1.80. The Labute approximate surface area is 82.4 Å². The SMILES string of the molecule is Cc1ccccc1C(O)c1cnc[nH]1. The van der Waals surface area contributed by atoms with E-state index in [9.17, 15) is 5.11 Å². The molecule has 3 nitrogen and oxygen atoms in total. The lowest BCUT2D eigenvalue weighted by Crippen LogP contribution is -2.01. The molecule has 0 radical (unpaired) electrons. The molecule has 1 aromatic carbocycles. The molecule has 0 amide bonds. The summed E-state index contributed by atoms with van der Waals surface area (Å²) in [7, 11) is 0. The first kappa shape index (κ1) is 8.97. The van der Waals surface area contributed by atoms with Gasteiger partial charge in [0.2, 0.25) is 0 Å². The van der Waals surface area contributed by atoms with Crippen molar-refractivity contribution in [1.82, 2.24) is 9.97 Å². The molecule has 0 fully saturated rings. The van der Waals surface area contributed by atoms with Gasteiger partial charge in [0, 0.05) is 0 Å². The molecular formula is C11H12N2O. The molecule has 72 valence electrons. The van der Waals surface area contributed by atoms with E-state index in [4.69, 9.17) is 0 Å². The summed E-state index contributed by atoms with van der Waals surface area (Å²) < 4.78 is 0. The third-order valence-electron chi connectivity index (χ3n) is 2.30. The molecule has 0 aliphatic heterocycles. The Bertz CT molecular complexity index is 409. The maximum atomic E-state index is 9.99. The molecule has 0 saturated heterocycles. The van der Waals surface area contributed by atoms with E-state index >= 15 is 0 Å². The highest BCUT2D eigenvalue weighted by atomic mass is 16.3. The highest BCUT2D eigenvalue weighted by molar-refractivity contribution is 5.31. The number of benzene rings is 1. The lowest BCUT2D eigenvalue weighted by molar-refractivity contribution is 0.215. The van der Waals surface area contributed by atoms with Crippen molar-refractivity contribution in [1.29, 1.82) is 0 Å². The third-order valence-corrected chi connectivity index (χ3v) is 2.30. The standard InChI is InChI=1S/C11H12N2O/c1-8-4-2-3-5-9(8)11(14)10-6-12-7-13-10/h2-7,11,14H,1H3,(H,12,13). The number of hydrogen-bond donors (Lipinski definition) is 2. The Kier molecular flexibility index (Phi) is 2.33. The Balaban J connectivity index is 2.37. The molecule has 0 bridgehead atoms. The van der Waals surface area contributed by atoms with Gasteiger partial charge >= 0.3 is 0 Å². The largest absolute Gasteiger partial charge is 0.382 e. The molecule has 0 saturated carbocycles. The third kappa shape index (κ3) is 1.54. The normalized spacial score (nSPS) is 12.7. The number of rotatable bonds is 2. The summed E-state index contributed by atoms with van der Waals surface area (Å²) in [6.45, 7) is 1.98. The zero-order chi connectivity index (χ0) is 9.97. The van der Waals surface area contributed by atoms with Crippen LogP contribution in [0.1, 0.15) is 22.9 Å². The first-order chi connectivity index (χ1) is 6.79. The zero-order valence-electron chi connectivity index (χ0n) is 7.94. The van der Waals surface area contributed by atoms with Gasteiger partial charge in [0.05, 0.1) is 18.2 Å². The van der Waals surface area contributed by atoms with Crippen molar-refractivity contribution < 1.29 is 5.11 Å². The maximum absolute atomic E-state index is 9.99. The molecule has 1 aromatic heterocycles. The number of aryl methyl sites for hydroxylation is 1.